The van der Waals surface area contributed by atoms with Crippen molar-refractivity contribution in [1.29, 1.82) is 0 Å². The number of hydrazine groups is 1. The summed E-state index contributed by atoms with van der Waals surface area (Å²) in [6.07, 6.45) is 1.45. The van der Waals surface area contributed by atoms with Crippen molar-refractivity contribution >= 4 is 46.8 Å². The van der Waals surface area contributed by atoms with Crippen molar-refractivity contribution in [2.24, 2.45) is 0 Å². The van der Waals surface area contributed by atoms with Crippen molar-refractivity contribution in [2.45, 2.75) is 6.61 Å². The van der Waals surface area contributed by atoms with Gasteiger partial charge in [0.05, 0.1) is 12.8 Å². The fourth-order valence-corrected chi connectivity index (χ4v) is 3.65. The van der Waals surface area contributed by atoms with E-state index in [0.717, 1.165) is 10.6 Å². The Morgan fingerprint density at radius 1 is 1.00 bits per heavy atom. The average molecular weight is 487 g/mol. The lowest BCUT2D eigenvalue weighted by molar-refractivity contribution is -0.117. The molecule has 0 aliphatic carbocycles. The van der Waals surface area contributed by atoms with Crippen LogP contribution in [0.3, 0.4) is 0 Å². The van der Waals surface area contributed by atoms with Gasteiger partial charge in [0.1, 0.15) is 18.0 Å². The summed E-state index contributed by atoms with van der Waals surface area (Å²) in [6.45, 7) is 0.195. The van der Waals surface area contributed by atoms with Crippen LogP contribution >= 0.6 is 23.2 Å². The monoisotopic (exact) mass is 486 g/mol. The average Bonchev–Trinajstić information content (AvgIpc) is 3.07. The SMILES string of the molecule is COc1cc(/C=C2\C(=O)NN(c3ccc(F)cc3)C2=O)ccc1OCc1ccc(Cl)cc1Cl. The minimum Gasteiger partial charge on any atom is -0.493 e. The second-order valence-corrected chi connectivity index (χ2v) is 7.89. The van der Waals surface area contributed by atoms with Crippen LogP contribution in [0.1, 0.15) is 11.1 Å². The summed E-state index contributed by atoms with van der Waals surface area (Å²) in [5.41, 5.74) is 4.07. The molecule has 0 saturated carbocycles. The van der Waals surface area contributed by atoms with Crippen molar-refractivity contribution < 1.29 is 23.5 Å². The van der Waals surface area contributed by atoms with Crippen LogP contribution in [-0.2, 0) is 16.2 Å². The summed E-state index contributed by atoms with van der Waals surface area (Å²) in [5.74, 6) is -0.694. The quantitative estimate of drug-likeness (QED) is 0.384. The van der Waals surface area contributed by atoms with E-state index >= 15 is 0 Å². The van der Waals surface area contributed by atoms with Crippen LogP contribution in [0.5, 0.6) is 11.5 Å². The van der Waals surface area contributed by atoms with E-state index in [9.17, 15) is 14.0 Å². The largest absolute Gasteiger partial charge is 0.493 e. The molecule has 4 rings (SSSR count). The number of ether oxygens (including phenoxy) is 2. The van der Waals surface area contributed by atoms with Gasteiger partial charge in [0.15, 0.2) is 11.5 Å². The molecule has 1 saturated heterocycles. The first-order chi connectivity index (χ1) is 15.9. The molecule has 0 bridgehead atoms. The second-order valence-electron chi connectivity index (χ2n) is 7.05. The number of methoxy groups -OCH3 is 1. The molecule has 9 heteroatoms. The minimum atomic E-state index is -0.569. The molecule has 6 nitrogen and oxygen atoms in total. The van der Waals surface area contributed by atoms with Gasteiger partial charge in [-0.3, -0.25) is 15.0 Å². The Labute approximate surface area is 199 Å². The van der Waals surface area contributed by atoms with E-state index < -0.39 is 17.6 Å². The predicted molar refractivity (Wildman–Crippen MR) is 124 cm³/mol. The smallest absolute Gasteiger partial charge is 0.282 e. The summed E-state index contributed by atoms with van der Waals surface area (Å²) < 4.78 is 24.4. The van der Waals surface area contributed by atoms with Gasteiger partial charge in [0.25, 0.3) is 11.8 Å². The molecule has 1 N–H and O–H groups in total. The Balaban J connectivity index is 1.53. The van der Waals surface area contributed by atoms with Gasteiger partial charge in [0, 0.05) is 15.6 Å². The van der Waals surface area contributed by atoms with E-state index in [1.807, 2.05) is 0 Å². The lowest BCUT2D eigenvalue weighted by atomic mass is 10.1. The molecule has 0 aromatic heterocycles. The first-order valence-electron chi connectivity index (χ1n) is 9.73. The van der Waals surface area contributed by atoms with Crippen molar-refractivity contribution in [2.75, 3.05) is 12.1 Å². The highest BCUT2D eigenvalue weighted by atomic mass is 35.5. The Bertz CT molecular complexity index is 1260. The Morgan fingerprint density at radius 3 is 2.45 bits per heavy atom. The number of carbonyl (C=O) groups excluding carboxylic acids is 2. The number of hydrogen-bond acceptors (Lipinski definition) is 4. The second kappa shape index (κ2) is 9.52. The number of hydrogen-bond donors (Lipinski definition) is 1. The van der Waals surface area contributed by atoms with Gasteiger partial charge < -0.3 is 9.47 Å². The first kappa shape index (κ1) is 22.6. The van der Waals surface area contributed by atoms with Crippen molar-refractivity contribution in [3.63, 3.8) is 0 Å². The number of rotatable bonds is 6. The highest BCUT2D eigenvalue weighted by Crippen LogP contribution is 2.31. The van der Waals surface area contributed by atoms with E-state index in [2.05, 4.69) is 5.43 Å². The number of benzene rings is 3. The molecule has 2 amide bonds. The molecule has 33 heavy (non-hydrogen) atoms. The van der Waals surface area contributed by atoms with E-state index in [0.29, 0.717) is 32.8 Å². The Morgan fingerprint density at radius 2 is 1.76 bits per heavy atom. The van der Waals surface area contributed by atoms with Crippen LogP contribution in [0.2, 0.25) is 10.0 Å². The molecule has 1 heterocycles. The Hall–Kier alpha value is -3.55. The number of nitrogens with one attached hydrogen (secondary N) is 1. The molecule has 0 atom stereocenters. The molecule has 1 fully saturated rings. The first-order valence-corrected chi connectivity index (χ1v) is 10.5. The summed E-state index contributed by atoms with van der Waals surface area (Å²) in [5, 5.41) is 2.08. The Kier molecular flexibility index (Phi) is 6.53. The molecule has 3 aromatic rings. The van der Waals surface area contributed by atoms with Gasteiger partial charge in [-0.15, -0.1) is 0 Å². The number of carbonyl (C=O) groups is 2. The van der Waals surface area contributed by atoms with Gasteiger partial charge in [-0.1, -0.05) is 35.3 Å². The van der Waals surface area contributed by atoms with E-state index in [4.69, 9.17) is 32.7 Å². The third kappa shape index (κ3) is 4.94. The van der Waals surface area contributed by atoms with Crippen LogP contribution in [0.4, 0.5) is 10.1 Å². The highest BCUT2D eigenvalue weighted by Gasteiger charge is 2.34. The molecule has 3 aromatic carbocycles. The molecule has 1 aliphatic rings. The number of anilines is 1. The van der Waals surface area contributed by atoms with Gasteiger partial charge in [-0.05, 0) is 60.2 Å². The summed E-state index contributed by atoms with van der Waals surface area (Å²) in [4.78, 5) is 25.1. The van der Waals surface area contributed by atoms with Crippen molar-refractivity contribution in [3.8, 4) is 11.5 Å². The lowest BCUT2D eigenvalue weighted by Gasteiger charge is -2.14. The van der Waals surface area contributed by atoms with E-state index in [1.165, 1.54) is 37.5 Å². The number of halogens is 3. The van der Waals surface area contributed by atoms with E-state index in [1.54, 1.807) is 36.4 Å². The normalized spacial score (nSPS) is 14.5. The van der Waals surface area contributed by atoms with Crippen LogP contribution < -0.4 is 19.9 Å². The molecular formula is C24H17Cl2FN2O4. The fourth-order valence-electron chi connectivity index (χ4n) is 3.18. The lowest BCUT2D eigenvalue weighted by Crippen LogP contribution is -2.35. The summed E-state index contributed by atoms with van der Waals surface area (Å²) in [7, 11) is 1.48. The van der Waals surface area contributed by atoms with E-state index in [-0.39, 0.29) is 12.2 Å². The zero-order valence-corrected chi connectivity index (χ0v) is 18.8. The van der Waals surface area contributed by atoms with Gasteiger partial charge in [-0.25, -0.2) is 9.40 Å². The van der Waals surface area contributed by atoms with Crippen LogP contribution in [0.15, 0.2) is 66.2 Å². The molecule has 0 unspecified atom stereocenters. The van der Waals surface area contributed by atoms with Crippen LogP contribution in [0, 0.1) is 5.82 Å². The van der Waals surface area contributed by atoms with Crippen molar-refractivity contribution in [1.82, 2.24) is 5.43 Å². The predicted octanol–water partition coefficient (Wildman–Crippen LogP) is 5.18. The van der Waals surface area contributed by atoms with Crippen LogP contribution in [-0.4, -0.2) is 18.9 Å². The molecule has 168 valence electrons. The highest BCUT2D eigenvalue weighted by molar-refractivity contribution is 6.35. The minimum absolute atomic E-state index is 0.0667. The zero-order valence-electron chi connectivity index (χ0n) is 17.3. The third-order valence-electron chi connectivity index (χ3n) is 4.87. The van der Waals surface area contributed by atoms with Crippen molar-refractivity contribution in [3.05, 3.63) is 93.2 Å². The number of amides is 2. The maximum absolute atomic E-state index is 13.2. The van der Waals surface area contributed by atoms with Gasteiger partial charge in [-0.2, -0.15) is 0 Å². The zero-order chi connectivity index (χ0) is 23.5. The standard InChI is InChI=1S/C24H17Cl2FN2O4/c1-32-22-11-14(2-9-21(22)33-13-15-3-4-16(25)12-20(15)26)10-19-23(30)28-29(24(19)31)18-7-5-17(27)6-8-18/h2-12H,13H2,1H3,(H,28,30)/b19-10+. The molecule has 1 aliphatic heterocycles. The van der Waals surface area contributed by atoms with Gasteiger partial charge in [0.2, 0.25) is 0 Å². The molecule has 0 radical (unpaired) electrons. The van der Waals surface area contributed by atoms with Gasteiger partial charge >= 0.3 is 0 Å². The summed E-state index contributed by atoms with van der Waals surface area (Å²) in [6, 6.07) is 15.3. The van der Waals surface area contributed by atoms with Crippen LogP contribution in [0.25, 0.3) is 6.08 Å². The maximum atomic E-state index is 13.2. The maximum Gasteiger partial charge on any atom is 0.282 e. The third-order valence-corrected chi connectivity index (χ3v) is 5.46. The number of nitrogens with zero attached hydrogens (tertiary/aromatic N) is 1. The molecular weight excluding hydrogens is 470 g/mol. The topological polar surface area (TPSA) is 67.9 Å². The molecule has 0 spiro atoms. The summed E-state index contributed by atoms with van der Waals surface area (Å²) >= 11 is 12.1. The fraction of sp³-hybridized carbons (Fsp3) is 0.0833.